The lowest BCUT2D eigenvalue weighted by Gasteiger charge is -2.16. The van der Waals surface area contributed by atoms with Gasteiger partial charge in [-0.25, -0.2) is 0 Å². The van der Waals surface area contributed by atoms with Gasteiger partial charge >= 0.3 is 0 Å². The number of benzene rings is 1. The number of ether oxygens (including phenoxy) is 1. The van der Waals surface area contributed by atoms with Gasteiger partial charge in [0.15, 0.2) is 0 Å². The van der Waals surface area contributed by atoms with Crippen LogP contribution in [0.15, 0.2) is 24.3 Å². The van der Waals surface area contributed by atoms with Crippen molar-refractivity contribution in [1.29, 1.82) is 0 Å². The number of likely N-dealkylation sites (tertiary alicyclic amines) is 1. The minimum Gasteiger partial charge on any atom is -0.497 e. The van der Waals surface area contributed by atoms with Crippen LogP contribution in [0.25, 0.3) is 0 Å². The van der Waals surface area contributed by atoms with E-state index in [4.69, 9.17) is 4.74 Å². The molecule has 2 rings (SSSR count). The van der Waals surface area contributed by atoms with Crippen molar-refractivity contribution in [1.82, 2.24) is 10.2 Å². The van der Waals surface area contributed by atoms with Gasteiger partial charge in [0.2, 0.25) is 0 Å². The zero-order chi connectivity index (χ0) is 12.8. The number of methoxy groups -OCH3 is 1. The maximum atomic E-state index is 5.25. The van der Waals surface area contributed by atoms with Gasteiger partial charge in [0.05, 0.1) is 7.11 Å². The first kappa shape index (κ1) is 13.4. The minimum atomic E-state index is 0.695. The van der Waals surface area contributed by atoms with Gasteiger partial charge in [0.1, 0.15) is 5.75 Å². The molecule has 1 aliphatic rings. The molecule has 1 aromatic carbocycles. The molecular formula is C15H24N2O. The molecule has 0 bridgehead atoms. The zero-order valence-corrected chi connectivity index (χ0v) is 11.5. The Kier molecular flexibility index (Phi) is 5.02. The van der Waals surface area contributed by atoms with Crippen LogP contribution < -0.4 is 10.1 Å². The van der Waals surface area contributed by atoms with E-state index in [-0.39, 0.29) is 0 Å². The molecule has 18 heavy (non-hydrogen) atoms. The lowest BCUT2D eigenvalue weighted by molar-refractivity contribution is 0.332. The average Bonchev–Trinajstić information content (AvgIpc) is 2.85. The van der Waals surface area contributed by atoms with Gasteiger partial charge in [-0.15, -0.1) is 0 Å². The lowest BCUT2D eigenvalue weighted by Crippen LogP contribution is -2.32. The van der Waals surface area contributed by atoms with Crippen molar-refractivity contribution in [2.24, 2.45) is 0 Å². The molecule has 0 saturated carbocycles. The summed E-state index contributed by atoms with van der Waals surface area (Å²) in [7, 11) is 1.72. The molecule has 1 aromatic rings. The minimum absolute atomic E-state index is 0.695. The Morgan fingerprint density at radius 2 is 2.33 bits per heavy atom. The molecule has 100 valence electrons. The molecule has 1 aliphatic heterocycles. The van der Waals surface area contributed by atoms with Crippen molar-refractivity contribution in [3.05, 3.63) is 29.8 Å². The Bertz CT molecular complexity index is 367. The molecule has 0 aliphatic carbocycles. The first-order valence-corrected chi connectivity index (χ1v) is 6.90. The van der Waals surface area contributed by atoms with Crippen molar-refractivity contribution in [2.75, 3.05) is 33.3 Å². The quantitative estimate of drug-likeness (QED) is 0.832. The van der Waals surface area contributed by atoms with Crippen LogP contribution in [0.4, 0.5) is 0 Å². The first-order valence-electron chi connectivity index (χ1n) is 6.90. The van der Waals surface area contributed by atoms with Crippen molar-refractivity contribution in [3.8, 4) is 5.75 Å². The summed E-state index contributed by atoms with van der Waals surface area (Å²) in [4.78, 5) is 2.55. The van der Waals surface area contributed by atoms with Gasteiger partial charge in [-0.3, -0.25) is 0 Å². The van der Waals surface area contributed by atoms with E-state index >= 15 is 0 Å². The van der Waals surface area contributed by atoms with E-state index in [9.17, 15) is 0 Å². The molecule has 0 amide bonds. The normalized spacial score (nSPS) is 20.2. The van der Waals surface area contributed by atoms with Crippen molar-refractivity contribution in [3.63, 3.8) is 0 Å². The number of likely N-dealkylation sites (N-methyl/N-ethyl adjacent to an activating group) is 1. The largest absolute Gasteiger partial charge is 0.497 e. The smallest absolute Gasteiger partial charge is 0.119 e. The second-order valence-electron chi connectivity index (χ2n) is 4.95. The molecule has 1 atom stereocenters. The van der Waals surface area contributed by atoms with E-state index in [0.29, 0.717) is 6.04 Å². The van der Waals surface area contributed by atoms with Crippen LogP contribution in [0.3, 0.4) is 0 Å². The molecule has 1 fully saturated rings. The van der Waals surface area contributed by atoms with Crippen molar-refractivity contribution in [2.45, 2.75) is 25.8 Å². The SMILES string of the molecule is CCNC1CCN(CCc2cccc(OC)c2)C1. The predicted molar refractivity (Wildman–Crippen MR) is 75.2 cm³/mol. The highest BCUT2D eigenvalue weighted by Gasteiger charge is 2.20. The van der Waals surface area contributed by atoms with Gasteiger partial charge in [-0.2, -0.15) is 0 Å². The zero-order valence-electron chi connectivity index (χ0n) is 11.5. The molecular weight excluding hydrogens is 224 g/mol. The molecule has 0 radical (unpaired) electrons. The van der Waals surface area contributed by atoms with Gasteiger partial charge in [0.25, 0.3) is 0 Å². The third-order valence-electron chi connectivity index (χ3n) is 3.62. The van der Waals surface area contributed by atoms with Crippen LogP contribution in [0.1, 0.15) is 18.9 Å². The summed E-state index contributed by atoms with van der Waals surface area (Å²) in [6.07, 6.45) is 2.39. The lowest BCUT2D eigenvalue weighted by atomic mass is 10.1. The highest BCUT2D eigenvalue weighted by Crippen LogP contribution is 2.15. The number of hydrogen-bond acceptors (Lipinski definition) is 3. The topological polar surface area (TPSA) is 24.5 Å². The summed E-state index contributed by atoms with van der Waals surface area (Å²) in [6.45, 7) is 6.82. The number of nitrogens with zero attached hydrogens (tertiary/aromatic N) is 1. The molecule has 1 unspecified atom stereocenters. The van der Waals surface area contributed by atoms with Gasteiger partial charge in [-0.05, 0) is 43.6 Å². The van der Waals surface area contributed by atoms with E-state index < -0.39 is 0 Å². The van der Waals surface area contributed by atoms with Gasteiger partial charge in [0, 0.05) is 19.1 Å². The summed E-state index contributed by atoms with van der Waals surface area (Å²) in [5.41, 5.74) is 1.36. The fourth-order valence-corrected chi connectivity index (χ4v) is 2.61. The maximum Gasteiger partial charge on any atom is 0.119 e. The average molecular weight is 248 g/mol. The van der Waals surface area contributed by atoms with E-state index in [0.717, 1.165) is 25.3 Å². The van der Waals surface area contributed by atoms with Crippen LogP contribution in [0, 0.1) is 0 Å². The van der Waals surface area contributed by atoms with Crippen molar-refractivity contribution < 1.29 is 4.74 Å². The summed E-state index contributed by atoms with van der Waals surface area (Å²) in [6, 6.07) is 9.08. The van der Waals surface area contributed by atoms with Crippen LogP contribution in [0.2, 0.25) is 0 Å². The Hall–Kier alpha value is -1.06. The number of hydrogen-bond donors (Lipinski definition) is 1. The third kappa shape index (κ3) is 3.72. The van der Waals surface area contributed by atoms with E-state index in [1.54, 1.807) is 7.11 Å². The Labute approximate surface area is 110 Å². The number of nitrogens with one attached hydrogen (secondary N) is 1. The highest BCUT2D eigenvalue weighted by atomic mass is 16.5. The molecule has 1 N–H and O–H groups in total. The fourth-order valence-electron chi connectivity index (χ4n) is 2.61. The van der Waals surface area contributed by atoms with E-state index in [1.807, 2.05) is 6.07 Å². The second-order valence-corrected chi connectivity index (χ2v) is 4.95. The van der Waals surface area contributed by atoms with Crippen LogP contribution in [-0.4, -0.2) is 44.2 Å². The van der Waals surface area contributed by atoms with E-state index in [2.05, 4.69) is 35.3 Å². The standard InChI is InChI=1S/C15H24N2O/c1-3-16-14-8-10-17(12-14)9-7-13-5-4-6-15(11-13)18-2/h4-6,11,14,16H,3,7-10,12H2,1-2H3. The second kappa shape index (κ2) is 6.76. The molecule has 3 nitrogen and oxygen atoms in total. The Morgan fingerprint density at radius 3 is 3.11 bits per heavy atom. The monoisotopic (exact) mass is 248 g/mol. The third-order valence-corrected chi connectivity index (χ3v) is 3.62. The first-order chi connectivity index (χ1) is 8.81. The van der Waals surface area contributed by atoms with Gasteiger partial charge < -0.3 is 15.0 Å². The Balaban J connectivity index is 1.78. The predicted octanol–water partition coefficient (Wildman–Crippen LogP) is 1.92. The Morgan fingerprint density at radius 1 is 1.44 bits per heavy atom. The van der Waals surface area contributed by atoms with Crippen molar-refractivity contribution >= 4 is 0 Å². The van der Waals surface area contributed by atoms with Gasteiger partial charge in [-0.1, -0.05) is 19.1 Å². The molecule has 1 saturated heterocycles. The van der Waals surface area contributed by atoms with E-state index in [1.165, 1.54) is 25.1 Å². The molecule has 0 aromatic heterocycles. The summed E-state index contributed by atoms with van der Waals surface area (Å²) in [5, 5.41) is 3.53. The molecule has 0 spiro atoms. The number of rotatable bonds is 6. The highest BCUT2D eigenvalue weighted by molar-refractivity contribution is 5.28. The summed E-state index contributed by atoms with van der Waals surface area (Å²) in [5.74, 6) is 0.958. The summed E-state index contributed by atoms with van der Waals surface area (Å²) < 4.78 is 5.25. The molecule has 3 heteroatoms. The fraction of sp³-hybridized carbons (Fsp3) is 0.600. The van der Waals surface area contributed by atoms with Crippen LogP contribution in [-0.2, 0) is 6.42 Å². The summed E-state index contributed by atoms with van der Waals surface area (Å²) >= 11 is 0. The maximum absolute atomic E-state index is 5.25. The molecule has 1 heterocycles. The van der Waals surface area contributed by atoms with Crippen LogP contribution >= 0.6 is 0 Å². The van der Waals surface area contributed by atoms with Crippen LogP contribution in [0.5, 0.6) is 5.75 Å².